The molecule has 0 aliphatic heterocycles. The van der Waals surface area contributed by atoms with Crippen molar-refractivity contribution in [3.63, 3.8) is 0 Å². The normalized spacial score (nSPS) is 13.4. The number of halogens is 6. The highest BCUT2D eigenvalue weighted by Gasteiger charge is 2.47. The van der Waals surface area contributed by atoms with Crippen LogP contribution >= 0.6 is 0 Å². The Labute approximate surface area is 239 Å². The molecule has 0 aromatic rings. The number of likely N-dealkylation sites (N-methyl/N-ethyl adjacent to an activating group) is 1. The van der Waals surface area contributed by atoms with Crippen LogP contribution in [0.3, 0.4) is 0 Å². The van der Waals surface area contributed by atoms with Gasteiger partial charge in [-0.25, -0.2) is 21.6 Å². The number of sulfonamides is 2. The average Bonchev–Trinajstić information content (AvgIpc) is 2.80. The third-order valence-corrected chi connectivity index (χ3v) is 9.92. The number of nitrogens with zero attached hydrogens (tertiary/aromatic N) is 2. The van der Waals surface area contributed by atoms with Crippen LogP contribution in [-0.4, -0.2) is 108 Å². The van der Waals surface area contributed by atoms with E-state index >= 15 is 0 Å². The average molecular weight is 674 g/mol. The first-order chi connectivity index (χ1) is 18.5. The van der Waals surface area contributed by atoms with E-state index in [1.165, 1.54) is 0 Å². The first-order valence-electron chi connectivity index (χ1n) is 12.5. The Kier molecular flexibility index (Phi) is 18.8. The number of nitrogens with one attached hydrogen (secondary N) is 1. The van der Waals surface area contributed by atoms with E-state index in [9.17, 15) is 48.0 Å². The number of alkyl carbamates (subject to hydrolysis) is 1. The number of quaternary nitrogens is 1. The van der Waals surface area contributed by atoms with E-state index in [0.29, 0.717) is 39.0 Å². The molecule has 0 bridgehead atoms. The monoisotopic (exact) mass is 673 g/mol. The molecule has 0 aromatic carbocycles. The minimum Gasteiger partial charge on any atom is -0.444 e. The quantitative estimate of drug-likeness (QED) is 0.0983. The first kappa shape index (κ1) is 41.9. The molecule has 0 aliphatic rings. The van der Waals surface area contributed by atoms with E-state index < -0.39 is 39.9 Å². The number of ether oxygens (including phenoxy) is 1. The molecule has 0 heterocycles. The first-order valence-corrected chi connectivity index (χ1v) is 17.3. The summed E-state index contributed by atoms with van der Waals surface area (Å²) in [6.45, 7) is 9.86. The maximum atomic E-state index is 11.7. The van der Waals surface area contributed by atoms with Crippen LogP contribution in [0.1, 0.15) is 46.5 Å². The lowest BCUT2D eigenvalue weighted by molar-refractivity contribution is -0.870. The van der Waals surface area contributed by atoms with Crippen LogP contribution in [-0.2, 0) is 38.1 Å². The lowest BCUT2D eigenvalue weighted by atomic mass is 10.5. The SMILES string of the molecule is CCCO[Si](CCCNC(=O)OCC[N+](C)(C)C)(OCCC)OCCC.O=S(=O)([N-]S(=O)(=O)C(F)(F)F)C(F)(F)F. The van der Waals surface area contributed by atoms with Crippen LogP contribution in [0.15, 0.2) is 0 Å². The summed E-state index contributed by atoms with van der Waals surface area (Å²) in [6.07, 6.45) is 3.15. The molecule has 1 N–H and O–H groups in total. The number of alkyl halides is 6. The van der Waals surface area contributed by atoms with Crippen molar-refractivity contribution < 1.29 is 70.5 Å². The highest BCUT2D eigenvalue weighted by atomic mass is 32.3. The van der Waals surface area contributed by atoms with E-state index in [0.717, 1.165) is 40.8 Å². The zero-order chi connectivity index (χ0) is 32.6. The van der Waals surface area contributed by atoms with E-state index in [4.69, 9.17) is 18.0 Å². The van der Waals surface area contributed by atoms with Crippen LogP contribution in [0.25, 0.3) is 4.13 Å². The summed E-state index contributed by atoms with van der Waals surface area (Å²) in [5.74, 6) is 0. The van der Waals surface area contributed by atoms with Crippen molar-refractivity contribution in [1.29, 1.82) is 0 Å². The standard InChI is InChI=1S/C18H40N2O5Si.C2F6NO4S2/c1-7-13-23-26(24-14-8-2,25-15-9-3)17-10-11-19-18(21)22-16-12-20(4,5)6;3-1(4,5)14(10,11)9-15(12,13)2(6,7)8/h7-17H2,1-6H3;/q;-1/p+1. The van der Waals surface area contributed by atoms with Gasteiger partial charge < -0.3 is 31.9 Å². The Morgan fingerprint density at radius 2 is 1.17 bits per heavy atom. The fourth-order valence-electron chi connectivity index (χ4n) is 2.29. The van der Waals surface area contributed by atoms with Gasteiger partial charge >= 0.3 is 25.9 Å². The summed E-state index contributed by atoms with van der Waals surface area (Å²) < 4.78 is 133. The molecule has 12 nitrogen and oxygen atoms in total. The van der Waals surface area contributed by atoms with Crippen LogP contribution < -0.4 is 5.32 Å². The number of hydrogen-bond acceptors (Lipinski definition) is 9. The summed E-state index contributed by atoms with van der Waals surface area (Å²) >= 11 is 0. The maximum Gasteiger partial charge on any atom is 0.501 e. The van der Waals surface area contributed by atoms with Gasteiger partial charge in [-0.15, -0.1) is 0 Å². The molecular weight excluding hydrogens is 632 g/mol. The fraction of sp³-hybridized carbons (Fsp3) is 0.950. The summed E-state index contributed by atoms with van der Waals surface area (Å²) in [6, 6.07) is 0.701. The predicted octanol–water partition coefficient (Wildman–Crippen LogP) is 4.09. The molecule has 1 amide bonds. The minimum atomic E-state index is -6.72. The second kappa shape index (κ2) is 18.4. The van der Waals surface area contributed by atoms with Crippen molar-refractivity contribution in [2.45, 2.75) is 63.5 Å². The smallest absolute Gasteiger partial charge is 0.444 e. The second-order valence-electron chi connectivity index (χ2n) is 9.32. The van der Waals surface area contributed by atoms with Gasteiger partial charge in [-0.1, -0.05) is 20.8 Å². The highest BCUT2D eigenvalue weighted by Crippen LogP contribution is 2.36. The van der Waals surface area contributed by atoms with Crippen LogP contribution in [0, 0.1) is 0 Å². The van der Waals surface area contributed by atoms with Crippen LogP contribution in [0.2, 0.25) is 6.04 Å². The summed E-state index contributed by atoms with van der Waals surface area (Å²) in [5, 5.41) is 2.80. The van der Waals surface area contributed by atoms with Crippen molar-refractivity contribution in [3.05, 3.63) is 4.13 Å². The molecule has 0 saturated heterocycles. The number of rotatable bonds is 18. The Morgan fingerprint density at radius 1 is 0.780 bits per heavy atom. The number of carbonyl (C=O) groups excluding carboxylic acids is 1. The molecule has 248 valence electrons. The molecule has 0 spiro atoms. The summed E-state index contributed by atoms with van der Waals surface area (Å²) in [4.78, 5) is 11.7. The highest BCUT2D eigenvalue weighted by molar-refractivity contribution is 8.13. The number of carbonyl (C=O) groups is 1. The molecule has 21 heteroatoms. The van der Waals surface area contributed by atoms with Crippen molar-refractivity contribution in [1.82, 2.24) is 5.32 Å². The zero-order valence-corrected chi connectivity index (χ0v) is 26.6. The summed E-state index contributed by atoms with van der Waals surface area (Å²) in [5.41, 5.74) is -12.4. The van der Waals surface area contributed by atoms with E-state index in [-0.39, 0.29) is 6.09 Å². The van der Waals surface area contributed by atoms with E-state index in [1.807, 2.05) is 0 Å². The van der Waals surface area contributed by atoms with Crippen molar-refractivity contribution >= 4 is 34.9 Å². The molecule has 0 aromatic heterocycles. The van der Waals surface area contributed by atoms with Crippen molar-refractivity contribution in [3.8, 4) is 0 Å². The molecule has 0 rings (SSSR count). The van der Waals surface area contributed by atoms with Crippen LogP contribution in [0.4, 0.5) is 31.1 Å². The molecule has 0 unspecified atom stereocenters. The van der Waals surface area contributed by atoms with Gasteiger partial charge in [0, 0.05) is 32.4 Å². The van der Waals surface area contributed by atoms with Gasteiger partial charge in [0.05, 0.1) is 21.1 Å². The molecule has 0 radical (unpaired) electrons. The maximum absolute atomic E-state index is 11.7. The Balaban J connectivity index is 0. The Bertz CT molecular complexity index is 897. The number of hydrogen-bond donors (Lipinski definition) is 1. The van der Waals surface area contributed by atoms with Gasteiger partial charge in [0.2, 0.25) is 0 Å². The third kappa shape index (κ3) is 18.8. The summed E-state index contributed by atoms with van der Waals surface area (Å²) in [7, 11) is -9.93. The van der Waals surface area contributed by atoms with Gasteiger partial charge in [0.1, 0.15) is 13.2 Å². The molecule has 0 saturated carbocycles. The molecular formula is C20H41F6N3O9S2Si. The molecule has 0 aliphatic carbocycles. The van der Waals surface area contributed by atoms with Gasteiger partial charge in [0.25, 0.3) is 0 Å². The van der Waals surface area contributed by atoms with E-state index in [2.05, 4.69) is 47.2 Å². The minimum absolute atomic E-state index is 0.371. The Hall–Kier alpha value is -1.23. The van der Waals surface area contributed by atoms with Crippen molar-refractivity contribution in [2.24, 2.45) is 0 Å². The van der Waals surface area contributed by atoms with Crippen molar-refractivity contribution in [2.75, 3.05) is 60.7 Å². The molecule has 41 heavy (non-hydrogen) atoms. The van der Waals surface area contributed by atoms with Gasteiger partial charge in [-0.3, -0.25) is 0 Å². The van der Waals surface area contributed by atoms with Crippen LogP contribution in [0.5, 0.6) is 0 Å². The lowest BCUT2D eigenvalue weighted by Crippen LogP contribution is -2.47. The predicted molar refractivity (Wildman–Crippen MR) is 139 cm³/mol. The van der Waals surface area contributed by atoms with E-state index in [1.54, 1.807) is 0 Å². The number of amides is 1. The Morgan fingerprint density at radius 3 is 1.49 bits per heavy atom. The second-order valence-corrected chi connectivity index (χ2v) is 15.5. The third-order valence-electron chi connectivity index (χ3n) is 4.28. The van der Waals surface area contributed by atoms with Gasteiger partial charge in [0.15, 0.2) is 20.0 Å². The largest absolute Gasteiger partial charge is 0.501 e. The molecule has 0 atom stereocenters. The topological polar surface area (TPSA) is 148 Å². The van der Waals surface area contributed by atoms with Gasteiger partial charge in [-0.05, 0) is 25.7 Å². The van der Waals surface area contributed by atoms with Gasteiger partial charge in [-0.2, -0.15) is 26.3 Å². The molecule has 0 fully saturated rings. The lowest BCUT2D eigenvalue weighted by Gasteiger charge is -2.29. The zero-order valence-electron chi connectivity index (χ0n) is 23.9. The fourth-order valence-corrected chi connectivity index (χ4v) is 6.83.